The molecule has 0 aromatic rings. The van der Waals surface area contributed by atoms with Crippen LogP contribution in [0, 0.1) is 0 Å². The summed E-state index contributed by atoms with van der Waals surface area (Å²) in [6.45, 7) is 1.48. The predicted octanol–water partition coefficient (Wildman–Crippen LogP) is -1.53. The minimum Gasteiger partial charge on any atom is -0.481 e. The number of nitrogens with one attached hydrogen (secondary N) is 1. The molecule has 0 saturated carbocycles. The molecule has 2 N–H and O–H groups in total. The molecule has 0 spiro atoms. The minimum absolute atomic E-state index is 0.00346. The monoisotopic (exact) mass is 320 g/mol. The maximum Gasteiger partial charge on any atom is 0.306 e. The van der Waals surface area contributed by atoms with Gasteiger partial charge >= 0.3 is 5.97 Å². The number of amides is 1. The van der Waals surface area contributed by atoms with Crippen molar-refractivity contribution in [1.29, 1.82) is 0 Å². The molecular weight excluding hydrogens is 300 g/mol. The molecule has 2 atom stereocenters. The number of carboxylic acid groups (broad SMARTS) is 1. The van der Waals surface area contributed by atoms with Crippen LogP contribution in [-0.2, 0) is 24.2 Å². The molecule has 0 bridgehead atoms. The Morgan fingerprint density at radius 2 is 2.14 bits per heavy atom. The minimum atomic E-state index is -3.01. The van der Waals surface area contributed by atoms with E-state index < -0.39 is 21.9 Å². The summed E-state index contributed by atoms with van der Waals surface area (Å²) in [6.07, 6.45) is -0.0337. The average molecular weight is 320 g/mol. The third kappa shape index (κ3) is 5.25. The molecule has 2 rings (SSSR count). The predicted molar refractivity (Wildman–Crippen MR) is 73.6 cm³/mol. The zero-order valence-corrected chi connectivity index (χ0v) is 12.5. The number of carbonyl (C=O) groups is 2. The standard InChI is InChI=1S/C12H20N2O6S/c15-11(13-9-1-4-21(18,19)8-9)7-14-2-3-20-10(6-14)5-12(16)17/h9-10H,1-8H2,(H,13,15)(H,16,17). The lowest BCUT2D eigenvalue weighted by Gasteiger charge is -2.31. The number of morpholine rings is 1. The molecular formula is C12H20N2O6S. The number of sulfone groups is 1. The Morgan fingerprint density at radius 1 is 1.38 bits per heavy atom. The third-order valence-electron chi connectivity index (χ3n) is 3.59. The van der Waals surface area contributed by atoms with Gasteiger partial charge in [0.1, 0.15) is 0 Å². The smallest absolute Gasteiger partial charge is 0.306 e. The van der Waals surface area contributed by atoms with Crippen LogP contribution in [0.1, 0.15) is 12.8 Å². The molecule has 9 heteroatoms. The first-order chi connectivity index (χ1) is 9.84. The number of hydrogen-bond donors (Lipinski definition) is 2. The fraction of sp³-hybridized carbons (Fsp3) is 0.833. The molecule has 2 aliphatic heterocycles. The van der Waals surface area contributed by atoms with Gasteiger partial charge in [-0.1, -0.05) is 0 Å². The van der Waals surface area contributed by atoms with E-state index in [-0.39, 0.29) is 36.4 Å². The van der Waals surface area contributed by atoms with Gasteiger partial charge in [0.15, 0.2) is 9.84 Å². The lowest BCUT2D eigenvalue weighted by molar-refractivity contribution is -0.142. The zero-order chi connectivity index (χ0) is 15.5. The Kier molecular flexibility index (Phi) is 5.17. The lowest BCUT2D eigenvalue weighted by Crippen LogP contribution is -2.49. The number of rotatable bonds is 5. The second kappa shape index (κ2) is 6.71. The maximum atomic E-state index is 11.9. The van der Waals surface area contributed by atoms with Crippen molar-refractivity contribution in [2.24, 2.45) is 0 Å². The van der Waals surface area contributed by atoms with Crippen LogP contribution in [-0.4, -0.2) is 80.2 Å². The number of nitrogens with zero attached hydrogens (tertiary/aromatic N) is 1. The molecule has 0 radical (unpaired) electrons. The first kappa shape index (κ1) is 16.2. The number of hydrogen-bond acceptors (Lipinski definition) is 6. The molecule has 2 saturated heterocycles. The zero-order valence-electron chi connectivity index (χ0n) is 11.7. The second-order valence-electron chi connectivity index (χ2n) is 5.49. The molecule has 21 heavy (non-hydrogen) atoms. The molecule has 2 fully saturated rings. The summed E-state index contributed by atoms with van der Waals surface area (Å²) < 4.78 is 28.0. The maximum absolute atomic E-state index is 11.9. The summed E-state index contributed by atoms with van der Waals surface area (Å²) in [6, 6.07) is -0.307. The van der Waals surface area contributed by atoms with Crippen LogP contribution in [0.4, 0.5) is 0 Å². The van der Waals surface area contributed by atoms with E-state index in [0.717, 1.165) is 0 Å². The highest BCUT2D eigenvalue weighted by Gasteiger charge is 2.30. The van der Waals surface area contributed by atoms with E-state index in [1.807, 2.05) is 4.90 Å². The highest BCUT2D eigenvalue weighted by atomic mass is 32.2. The van der Waals surface area contributed by atoms with E-state index in [9.17, 15) is 18.0 Å². The Hall–Kier alpha value is -1.19. The molecule has 0 aromatic carbocycles. The van der Waals surface area contributed by atoms with Gasteiger partial charge in [-0.15, -0.1) is 0 Å². The summed E-state index contributed by atoms with van der Waals surface area (Å²) in [5.41, 5.74) is 0. The van der Waals surface area contributed by atoms with Gasteiger partial charge in [0.2, 0.25) is 5.91 Å². The van der Waals surface area contributed by atoms with Crippen molar-refractivity contribution in [2.45, 2.75) is 25.0 Å². The van der Waals surface area contributed by atoms with Gasteiger partial charge in [-0.2, -0.15) is 0 Å². The van der Waals surface area contributed by atoms with Crippen LogP contribution in [0.15, 0.2) is 0 Å². The Balaban J connectivity index is 1.76. The molecule has 2 heterocycles. The molecule has 8 nitrogen and oxygen atoms in total. The van der Waals surface area contributed by atoms with Crippen LogP contribution in [0.2, 0.25) is 0 Å². The first-order valence-corrected chi connectivity index (χ1v) is 8.72. The van der Waals surface area contributed by atoms with E-state index in [0.29, 0.717) is 26.1 Å². The first-order valence-electron chi connectivity index (χ1n) is 6.89. The van der Waals surface area contributed by atoms with Crippen LogP contribution >= 0.6 is 0 Å². The largest absolute Gasteiger partial charge is 0.481 e. The van der Waals surface area contributed by atoms with Gasteiger partial charge in [-0.25, -0.2) is 8.42 Å². The third-order valence-corrected chi connectivity index (χ3v) is 5.36. The van der Waals surface area contributed by atoms with E-state index in [1.165, 1.54) is 0 Å². The molecule has 2 aliphatic rings. The van der Waals surface area contributed by atoms with Crippen molar-refractivity contribution >= 4 is 21.7 Å². The van der Waals surface area contributed by atoms with Crippen molar-refractivity contribution in [3.05, 3.63) is 0 Å². The van der Waals surface area contributed by atoms with E-state index in [2.05, 4.69) is 5.32 Å². The van der Waals surface area contributed by atoms with Crippen molar-refractivity contribution < 1.29 is 27.9 Å². The van der Waals surface area contributed by atoms with Gasteiger partial charge in [0.25, 0.3) is 0 Å². The Bertz CT molecular complexity index is 506. The van der Waals surface area contributed by atoms with Gasteiger partial charge in [0.05, 0.1) is 37.2 Å². The molecule has 0 aliphatic carbocycles. The van der Waals surface area contributed by atoms with Crippen molar-refractivity contribution in [2.75, 3.05) is 37.7 Å². The number of carbonyl (C=O) groups excluding carboxylic acids is 1. The molecule has 120 valence electrons. The van der Waals surface area contributed by atoms with E-state index >= 15 is 0 Å². The van der Waals surface area contributed by atoms with Gasteiger partial charge in [0, 0.05) is 19.1 Å². The summed E-state index contributed by atoms with van der Waals surface area (Å²) in [5, 5.41) is 11.5. The summed E-state index contributed by atoms with van der Waals surface area (Å²) >= 11 is 0. The molecule has 1 amide bonds. The molecule has 0 aromatic heterocycles. The van der Waals surface area contributed by atoms with Crippen LogP contribution in [0.5, 0.6) is 0 Å². The highest BCUT2D eigenvalue weighted by Crippen LogP contribution is 2.12. The van der Waals surface area contributed by atoms with E-state index in [4.69, 9.17) is 9.84 Å². The Labute approximate surface area is 123 Å². The fourth-order valence-electron chi connectivity index (χ4n) is 2.63. The van der Waals surface area contributed by atoms with Crippen LogP contribution in [0.3, 0.4) is 0 Å². The SMILES string of the molecule is O=C(O)CC1CN(CC(=O)NC2CCS(=O)(=O)C2)CCO1. The quantitative estimate of drug-likeness (QED) is 0.631. The molecule has 2 unspecified atom stereocenters. The van der Waals surface area contributed by atoms with Crippen LogP contribution < -0.4 is 5.32 Å². The van der Waals surface area contributed by atoms with Crippen molar-refractivity contribution in [3.8, 4) is 0 Å². The van der Waals surface area contributed by atoms with E-state index in [1.54, 1.807) is 0 Å². The number of carboxylic acids is 1. The summed E-state index contributed by atoms with van der Waals surface area (Å²) in [5.74, 6) is -1.03. The number of aliphatic carboxylic acids is 1. The fourth-order valence-corrected chi connectivity index (χ4v) is 4.30. The van der Waals surface area contributed by atoms with Gasteiger partial charge in [-0.3, -0.25) is 14.5 Å². The van der Waals surface area contributed by atoms with Gasteiger partial charge in [-0.05, 0) is 6.42 Å². The lowest BCUT2D eigenvalue weighted by atomic mass is 10.2. The topological polar surface area (TPSA) is 113 Å². The highest BCUT2D eigenvalue weighted by molar-refractivity contribution is 7.91. The Morgan fingerprint density at radius 3 is 2.76 bits per heavy atom. The summed E-state index contributed by atoms with van der Waals surface area (Å²) in [7, 11) is -3.01. The summed E-state index contributed by atoms with van der Waals surface area (Å²) in [4.78, 5) is 24.4. The normalized spacial score (nSPS) is 29.1. The van der Waals surface area contributed by atoms with Crippen molar-refractivity contribution in [3.63, 3.8) is 0 Å². The number of ether oxygens (including phenoxy) is 1. The van der Waals surface area contributed by atoms with Crippen LogP contribution in [0.25, 0.3) is 0 Å². The van der Waals surface area contributed by atoms with Gasteiger partial charge < -0.3 is 15.2 Å². The van der Waals surface area contributed by atoms with Crippen molar-refractivity contribution in [1.82, 2.24) is 10.2 Å². The second-order valence-corrected chi connectivity index (χ2v) is 7.72. The average Bonchev–Trinajstić information content (AvgIpc) is 2.67.